The first-order valence-corrected chi connectivity index (χ1v) is 8.92. The minimum Gasteiger partial charge on any atom is -0.497 e. The molecule has 0 saturated carbocycles. The number of aryl methyl sites for hydroxylation is 1. The van der Waals surface area contributed by atoms with Crippen molar-refractivity contribution in [1.82, 2.24) is 19.6 Å². The van der Waals surface area contributed by atoms with E-state index in [0.29, 0.717) is 11.6 Å². The highest BCUT2D eigenvalue weighted by atomic mass is 16.5. The summed E-state index contributed by atoms with van der Waals surface area (Å²) in [4.78, 5) is 9.28. The van der Waals surface area contributed by atoms with E-state index in [4.69, 9.17) is 9.84 Å². The second-order valence-electron chi connectivity index (χ2n) is 6.25. The van der Waals surface area contributed by atoms with Crippen molar-refractivity contribution in [2.75, 3.05) is 12.4 Å². The zero-order valence-electron chi connectivity index (χ0n) is 15.6. The molecule has 0 radical (unpaired) electrons. The van der Waals surface area contributed by atoms with Crippen molar-refractivity contribution >= 4 is 17.3 Å². The summed E-state index contributed by atoms with van der Waals surface area (Å²) in [7, 11) is 1.66. The average Bonchev–Trinajstić information content (AvgIpc) is 3.13. The second-order valence-corrected chi connectivity index (χ2v) is 6.25. The van der Waals surface area contributed by atoms with E-state index in [2.05, 4.69) is 22.2 Å². The van der Waals surface area contributed by atoms with Crippen LogP contribution in [0.1, 0.15) is 18.2 Å². The van der Waals surface area contributed by atoms with Gasteiger partial charge in [-0.25, -0.2) is 4.98 Å². The number of methoxy groups -OCH3 is 1. The Bertz CT molecular complexity index is 1090. The Hall–Kier alpha value is -3.41. The van der Waals surface area contributed by atoms with Crippen LogP contribution < -0.4 is 10.1 Å². The Balaban J connectivity index is 1.87. The first kappa shape index (κ1) is 17.0. The van der Waals surface area contributed by atoms with E-state index < -0.39 is 0 Å². The predicted molar refractivity (Wildman–Crippen MR) is 107 cm³/mol. The molecule has 0 spiro atoms. The number of nitrogens with one attached hydrogen (secondary N) is 1. The van der Waals surface area contributed by atoms with Crippen LogP contribution in [0.15, 0.2) is 54.6 Å². The molecule has 0 saturated heterocycles. The van der Waals surface area contributed by atoms with Crippen LogP contribution in [0.5, 0.6) is 5.75 Å². The van der Waals surface area contributed by atoms with Gasteiger partial charge in [0.15, 0.2) is 5.82 Å². The molecular weight excluding hydrogens is 338 g/mol. The van der Waals surface area contributed by atoms with Crippen molar-refractivity contribution in [1.29, 1.82) is 0 Å². The number of ether oxygens (including phenoxy) is 1. The maximum absolute atomic E-state index is 5.34. The molecule has 136 valence electrons. The highest BCUT2D eigenvalue weighted by molar-refractivity contribution is 5.66. The Morgan fingerprint density at radius 1 is 1.04 bits per heavy atom. The van der Waals surface area contributed by atoms with Crippen molar-refractivity contribution in [2.24, 2.45) is 0 Å². The Labute approximate surface area is 157 Å². The molecular formula is C21H21N5O. The minimum absolute atomic E-state index is 0.578. The van der Waals surface area contributed by atoms with Gasteiger partial charge < -0.3 is 10.1 Å². The molecule has 4 aromatic rings. The lowest BCUT2D eigenvalue weighted by Crippen LogP contribution is -2.08. The number of hydrogen-bond donors (Lipinski definition) is 1. The van der Waals surface area contributed by atoms with Crippen LogP contribution in [0, 0.1) is 6.92 Å². The van der Waals surface area contributed by atoms with Gasteiger partial charge in [-0.05, 0) is 25.5 Å². The average molecular weight is 359 g/mol. The summed E-state index contributed by atoms with van der Waals surface area (Å²) in [5.74, 6) is 2.91. The van der Waals surface area contributed by atoms with Gasteiger partial charge in [0, 0.05) is 28.6 Å². The van der Waals surface area contributed by atoms with Crippen LogP contribution in [0.3, 0.4) is 0 Å². The van der Waals surface area contributed by atoms with E-state index >= 15 is 0 Å². The molecule has 6 nitrogen and oxygen atoms in total. The molecule has 2 heterocycles. The van der Waals surface area contributed by atoms with Gasteiger partial charge in [0.25, 0.3) is 5.78 Å². The van der Waals surface area contributed by atoms with E-state index in [0.717, 1.165) is 40.5 Å². The van der Waals surface area contributed by atoms with Gasteiger partial charge in [-0.15, -0.1) is 5.10 Å². The zero-order chi connectivity index (χ0) is 18.8. The van der Waals surface area contributed by atoms with E-state index in [1.54, 1.807) is 11.6 Å². The molecule has 0 atom stereocenters. The molecule has 0 bridgehead atoms. The molecule has 6 heteroatoms. The van der Waals surface area contributed by atoms with Gasteiger partial charge in [0.1, 0.15) is 11.6 Å². The number of rotatable bonds is 5. The van der Waals surface area contributed by atoms with Crippen LogP contribution in [0.2, 0.25) is 0 Å². The number of nitrogens with zero attached hydrogens (tertiary/aromatic N) is 4. The fourth-order valence-corrected chi connectivity index (χ4v) is 3.14. The van der Waals surface area contributed by atoms with Gasteiger partial charge in [0.2, 0.25) is 0 Å². The first-order chi connectivity index (χ1) is 13.2. The third-order valence-electron chi connectivity index (χ3n) is 4.51. The smallest absolute Gasteiger partial charge is 0.254 e. The summed E-state index contributed by atoms with van der Waals surface area (Å²) in [6.07, 6.45) is 0.835. The fourth-order valence-electron chi connectivity index (χ4n) is 3.14. The molecule has 2 aromatic heterocycles. The molecule has 4 rings (SSSR count). The summed E-state index contributed by atoms with van der Waals surface area (Å²) < 4.78 is 7.12. The van der Waals surface area contributed by atoms with Crippen molar-refractivity contribution in [2.45, 2.75) is 20.3 Å². The standard InChI is InChI=1S/C21H21N5O/c1-4-18-14(2)22-21-24-19(15-9-6-5-7-10-15)25-26(21)20(18)23-16-11-8-12-17(13-16)27-3/h5-13,23H,4H2,1-3H3. The molecule has 27 heavy (non-hydrogen) atoms. The Kier molecular flexibility index (Phi) is 4.46. The number of aromatic nitrogens is 4. The molecule has 1 N–H and O–H groups in total. The molecule has 0 unspecified atom stereocenters. The number of benzene rings is 2. The Morgan fingerprint density at radius 3 is 2.59 bits per heavy atom. The largest absolute Gasteiger partial charge is 0.497 e. The van der Waals surface area contributed by atoms with Crippen LogP contribution in [-0.2, 0) is 6.42 Å². The second kappa shape index (κ2) is 7.07. The lowest BCUT2D eigenvalue weighted by Gasteiger charge is -2.14. The van der Waals surface area contributed by atoms with Crippen LogP contribution in [-0.4, -0.2) is 26.7 Å². The van der Waals surface area contributed by atoms with Crippen molar-refractivity contribution in [3.05, 3.63) is 65.9 Å². The molecule has 0 aliphatic heterocycles. The number of fused-ring (bicyclic) bond motifs is 1. The Morgan fingerprint density at radius 2 is 1.85 bits per heavy atom. The zero-order valence-corrected chi connectivity index (χ0v) is 15.6. The van der Waals surface area contributed by atoms with Gasteiger partial charge >= 0.3 is 0 Å². The SMILES string of the molecule is CCc1c(C)nc2nc(-c3ccccc3)nn2c1Nc1cccc(OC)c1. The van der Waals surface area contributed by atoms with Gasteiger partial charge in [0.05, 0.1) is 7.11 Å². The summed E-state index contributed by atoms with van der Waals surface area (Å²) in [6, 6.07) is 17.8. The van der Waals surface area contributed by atoms with Crippen molar-refractivity contribution < 1.29 is 4.74 Å². The quantitative estimate of drug-likeness (QED) is 0.572. The molecule has 0 aliphatic carbocycles. The normalized spacial score (nSPS) is 10.9. The number of hydrogen-bond acceptors (Lipinski definition) is 5. The molecule has 0 amide bonds. The monoisotopic (exact) mass is 359 g/mol. The van der Waals surface area contributed by atoms with E-state index in [1.807, 2.05) is 61.5 Å². The highest BCUT2D eigenvalue weighted by Gasteiger charge is 2.16. The van der Waals surface area contributed by atoms with Gasteiger partial charge in [-0.3, -0.25) is 0 Å². The van der Waals surface area contributed by atoms with E-state index in [1.165, 1.54) is 0 Å². The highest BCUT2D eigenvalue weighted by Crippen LogP contribution is 2.27. The van der Waals surface area contributed by atoms with E-state index in [9.17, 15) is 0 Å². The van der Waals surface area contributed by atoms with Crippen LogP contribution in [0.4, 0.5) is 11.5 Å². The van der Waals surface area contributed by atoms with Crippen LogP contribution >= 0.6 is 0 Å². The van der Waals surface area contributed by atoms with Crippen molar-refractivity contribution in [3.8, 4) is 17.1 Å². The van der Waals surface area contributed by atoms with Crippen molar-refractivity contribution in [3.63, 3.8) is 0 Å². The third kappa shape index (κ3) is 3.21. The van der Waals surface area contributed by atoms with E-state index in [-0.39, 0.29) is 0 Å². The topological polar surface area (TPSA) is 64.3 Å². The predicted octanol–water partition coefficient (Wildman–Crippen LogP) is 4.41. The maximum Gasteiger partial charge on any atom is 0.254 e. The summed E-state index contributed by atoms with van der Waals surface area (Å²) in [6.45, 7) is 4.12. The van der Waals surface area contributed by atoms with Gasteiger partial charge in [-0.1, -0.05) is 43.3 Å². The lowest BCUT2D eigenvalue weighted by molar-refractivity contribution is 0.415. The summed E-state index contributed by atoms with van der Waals surface area (Å²) in [5.41, 5.74) is 3.94. The fraction of sp³-hybridized carbons (Fsp3) is 0.190. The molecule has 0 fully saturated rings. The lowest BCUT2D eigenvalue weighted by atomic mass is 10.1. The summed E-state index contributed by atoms with van der Waals surface area (Å²) in [5, 5.41) is 8.21. The first-order valence-electron chi connectivity index (χ1n) is 8.92. The summed E-state index contributed by atoms with van der Waals surface area (Å²) >= 11 is 0. The minimum atomic E-state index is 0.578. The van der Waals surface area contributed by atoms with Crippen LogP contribution in [0.25, 0.3) is 17.2 Å². The third-order valence-corrected chi connectivity index (χ3v) is 4.51. The number of anilines is 2. The van der Waals surface area contributed by atoms with Gasteiger partial charge in [-0.2, -0.15) is 9.50 Å². The maximum atomic E-state index is 5.34. The molecule has 0 aliphatic rings. The molecule has 2 aromatic carbocycles.